The van der Waals surface area contributed by atoms with Gasteiger partial charge in [0, 0.05) is 6.08 Å². The quantitative estimate of drug-likeness (QED) is 0.0504. The predicted octanol–water partition coefficient (Wildman–Crippen LogP) is 0.853. The van der Waals surface area contributed by atoms with E-state index in [2.05, 4.69) is 0 Å². The molecule has 0 radical (unpaired) electrons. The largest absolute Gasteiger partial charge is 0.460 e. The molecule has 0 unspecified atom stereocenters. The monoisotopic (exact) mass is 1110 g/mol. The van der Waals surface area contributed by atoms with Gasteiger partial charge in [0.25, 0.3) is 0 Å². The van der Waals surface area contributed by atoms with E-state index in [1.807, 2.05) is 13.8 Å². The molecule has 25 heteroatoms. The average molecular weight is 1110 g/mol. The SMILES string of the molecule is CC(C)=CC(=O)OCCOCCOCCOCCOCCOCCOCCOCCOCCOCCOCCOCCOCCOCCOCCOCCOCCOCCOCCOCCOCCOCCOCCO. The van der Waals surface area contributed by atoms with Crippen LogP contribution < -0.4 is 0 Å². The average Bonchev–Trinajstić information content (AvgIpc) is 3.41. The van der Waals surface area contributed by atoms with Crippen LogP contribution in [-0.2, 0) is 114 Å². The maximum Gasteiger partial charge on any atom is 0.330 e. The zero-order valence-electron chi connectivity index (χ0n) is 46.3. The Morgan fingerprint density at radius 3 is 0.461 bits per heavy atom. The van der Waals surface area contributed by atoms with Gasteiger partial charge in [0.2, 0.25) is 0 Å². The van der Waals surface area contributed by atoms with Crippen LogP contribution in [0.3, 0.4) is 0 Å². The van der Waals surface area contributed by atoms with Gasteiger partial charge in [-0.25, -0.2) is 4.79 Å². The molecule has 0 heterocycles. The second kappa shape index (κ2) is 69.4. The van der Waals surface area contributed by atoms with E-state index in [9.17, 15) is 4.79 Å². The molecule has 0 aromatic carbocycles. The molecule has 1 N–H and O–H groups in total. The molecular weight excluding hydrogens is 1010 g/mol. The smallest absolute Gasteiger partial charge is 0.330 e. The van der Waals surface area contributed by atoms with Gasteiger partial charge in [-0.15, -0.1) is 0 Å². The third-order valence-electron chi connectivity index (χ3n) is 8.93. The fourth-order valence-electron chi connectivity index (χ4n) is 5.26. The molecule has 25 nitrogen and oxygen atoms in total. The van der Waals surface area contributed by atoms with Gasteiger partial charge < -0.3 is 114 Å². The van der Waals surface area contributed by atoms with Crippen molar-refractivity contribution in [3.05, 3.63) is 11.6 Å². The molecular formula is C51H100O25. The fraction of sp³-hybridized carbons (Fsp3) is 0.941. The summed E-state index contributed by atoms with van der Waals surface area (Å²) in [6.45, 7) is 24.7. The van der Waals surface area contributed by atoms with Crippen molar-refractivity contribution in [1.82, 2.24) is 0 Å². The summed E-state index contributed by atoms with van der Waals surface area (Å²) in [6.07, 6.45) is 1.44. The summed E-state index contributed by atoms with van der Waals surface area (Å²) >= 11 is 0. The van der Waals surface area contributed by atoms with E-state index in [-0.39, 0.29) is 19.2 Å². The van der Waals surface area contributed by atoms with E-state index in [1.165, 1.54) is 6.08 Å². The van der Waals surface area contributed by atoms with E-state index >= 15 is 0 Å². The first kappa shape index (κ1) is 74.3. The summed E-state index contributed by atoms with van der Waals surface area (Å²) in [4.78, 5) is 11.4. The highest BCUT2D eigenvalue weighted by atomic mass is 16.6. The van der Waals surface area contributed by atoms with Crippen LogP contribution in [0.4, 0.5) is 0 Å². The molecule has 76 heavy (non-hydrogen) atoms. The number of esters is 1. The molecule has 0 fully saturated rings. The van der Waals surface area contributed by atoms with Crippen LogP contribution in [0.5, 0.6) is 0 Å². The summed E-state index contributed by atoms with van der Waals surface area (Å²) in [7, 11) is 0. The third-order valence-corrected chi connectivity index (χ3v) is 8.93. The Labute approximate surface area is 453 Å². The van der Waals surface area contributed by atoms with Crippen molar-refractivity contribution in [3.8, 4) is 0 Å². The van der Waals surface area contributed by atoms with Crippen LogP contribution in [0.1, 0.15) is 13.8 Å². The molecule has 0 rings (SSSR count). The molecule has 454 valence electrons. The Morgan fingerprint density at radius 1 is 0.224 bits per heavy atom. The van der Waals surface area contributed by atoms with Crippen LogP contribution in [0, 0.1) is 0 Å². The van der Waals surface area contributed by atoms with E-state index in [0.717, 1.165) is 5.57 Å². The first-order valence-electron chi connectivity index (χ1n) is 26.8. The van der Waals surface area contributed by atoms with Crippen LogP contribution in [0.25, 0.3) is 0 Å². The number of aliphatic hydroxyl groups is 1. The van der Waals surface area contributed by atoms with Gasteiger partial charge >= 0.3 is 5.97 Å². The minimum atomic E-state index is -0.359. The Balaban J connectivity index is 3.09. The number of carbonyl (C=O) groups excluding carboxylic acids is 1. The van der Waals surface area contributed by atoms with E-state index in [1.54, 1.807) is 0 Å². The van der Waals surface area contributed by atoms with E-state index < -0.39 is 0 Å². The summed E-state index contributed by atoms with van der Waals surface area (Å²) in [5, 5.41) is 8.61. The molecule has 0 spiro atoms. The van der Waals surface area contributed by atoms with Crippen molar-refractivity contribution in [2.75, 3.05) is 304 Å². The Morgan fingerprint density at radius 2 is 0.342 bits per heavy atom. The number of allylic oxidation sites excluding steroid dienone is 1. The van der Waals surface area contributed by atoms with Crippen LogP contribution in [0.15, 0.2) is 11.6 Å². The number of hydrogen-bond acceptors (Lipinski definition) is 25. The van der Waals surface area contributed by atoms with E-state index in [0.29, 0.717) is 291 Å². The van der Waals surface area contributed by atoms with Gasteiger partial charge in [-0.05, 0) is 13.8 Å². The number of hydrogen-bond donors (Lipinski definition) is 1. The van der Waals surface area contributed by atoms with E-state index in [4.69, 9.17) is 114 Å². The van der Waals surface area contributed by atoms with Crippen LogP contribution in [0.2, 0.25) is 0 Å². The molecule has 0 saturated carbocycles. The topological polar surface area (TPSA) is 250 Å². The molecule has 0 bridgehead atoms. The molecule has 0 amide bonds. The maximum atomic E-state index is 11.4. The number of ether oxygens (including phenoxy) is 23. The lowest BCUT2D eigenvalue weighted by molar-refractivity contribution is -0.139. The summed E-state index contributed by atoms with van der Waals surface area (Å²) in [6, 6.07) is 0. The number of carbonyl (C=O) groups is 1. The van der Waals surface area contributed by atoms with Crippen molar-refractivity contribution in [2.24, 2.45) is 0 Å². The first-order chi connectivity index (χ1) is 37.7. The lowest BCUT2D eigenvalue weighted by Crippen LogP contribution is -2.16. The first-order valence-corrected chi connectivity index (χ1v) is 26.8. The second-order valence-corrected chi connectivity index (χ2v) is 15.6. The van der Waals surface area contributed by atoms with Crippen molar-refractivity contribution in [1.29, 1.82) is 0 Å². The zero-order valence-corrected chi connectivity index (χ0v) is 46.3. The molecule has 0 aliphatic carbocycles. The normalized spacial score (nSPS) is 11.6. The van der Waals surface area contributed by atoms with Crippen molar-refractivity contribution >= 4 is 5.97 Å². The highest BCUT2D eigenvalue weighted by Crippen LogP contribution is 1.93. The molecule has 0 aliphatic rings. The third kappa shape index (κ3) is 70.3. The minimum absolute atomic E-state index is 0.0175. The van der Waals surface area contributed by atoms with Gasteiger partial charge in [-0.2, -0.15) is 0 Å². The van der Waals surface area contributed by atoms with Gasteiger partial charge in [-0.1, -0.05) is 5.57 Å². The molecule has 0 saturated heterocycles. The van der Waals surface area contributed by atoms with Crippen LogP contribution in [-0.4, -0.2) is 315 Å². The van der Waals surface area contributed by atoms with Crippen LogP contribution >= 0.6 is 0 Å². The molecule has 0 aliphatic heterocycles. The highest BCUT2D eigenvalue weighted by Gasteiger charge is 2.01. The van der Waals surface area contributed by atoms with Crippen molar-refractivity contribution in [2.45, 2.75) is 13.8 Å². The standard InChI is InChI=1S/C51H100O25/c1-50(2)49-51(53)76-48-47-75-46-45-74-44-43-73-42-41-72-40-39-71-38-37-70-36-35-69-34-33-68-32-31-67-30-29-66-28-27-65-26-25-64-24-23-63-22-21-62-20-19-61-18-17-60-16-15-59-14-13-58-12-11-57-10-9-56-8-7-55-6-5-54-4-3-52/h49,52H,3-48H2,1-2H3. The lowest BCUT2D eigenvalue weighted by Gasteiger charge is -2.09. The summed E-state index contributed by atoms with van der Waals surface area (Å²) in [5.41, 5.74) is 0.893. The van der Waals surface area contributed by atoms with Gasteiger partial charge in [0.15, 0.2) is 0 Å². The Hall–Kier alpha value is -1.71. The maximum absolute atomic E-state index is 11.4. The molecule has 0 aromatic heterocycles. The summed E-state index contributed by atoms with van der Waals surface area (Å²) < 4.78 is 125. The van der Waals surface area contributed by atoms with Gasteiger partial charge in [-0.3, -0.25) is 0 Å². The van der Waals surface area contributed by atoms with Crippen molar-refractivity contribution in [3.63, 3.8) is 0 Å². The van der Waals surface area contributed by atoms with Gasteiger partial charge in [0.05, 0.1) is 297 Å². The predicted molar refractivity (Wildman–Crippen MR) is 275 cm³/mol. The molecule has 0 aromatic rings. The Bertz CT molecular complexity index is 1110. The lowest BCUT2D eigenvalue weighted by atomic mass is 10.3. The molecule has 0 atom stereocenters. The summed E-state index contributed by atoms with van der Waals surface area (Å²) in [5.74, 6) is -0.359. The number of rotatable bonds is 69. The second-order valence-electron chi connectivity index (χ2n) is 15.6. The van der Waals surface area contributed by atoms with Gasteiger partial charge in [0.1, 0.15) is 6.61 Å². The highest BCUT2D eigenvalue weighted by molar-refractivity contribution is 5.82. The minimum Gasteiger partial charge on any atom is -0.460 e. The fourth-order valence-corrected chi connectivity index (χ4v) is 5.26. The van der Waals surface area contributed by atoms with Crippen molar-refractivity contribution < 1.29 is 119 Å². The Kier molecular flexibility index (Phi) is 67.8. The zero-order chi connectivity index (χ0) is 54.7. The number of aliphatic hydroxyl groups excluding tert-OH is 1.